The highest BCUT2D eigenvalue weighted by Gasteiger charge is 2.06. The quantitative estimate of drug-likeness (QED) is 0.691. The highest BCUT2D eigenvalue weighted by molar-refractivity contribution is 5.09. The lowest BCUT2D eigenvalue weighted by Crippen LogP contribution is -2.33. The Kier molecular flexibility index (Phi) is 5.92. The maximum absolute atomic E-state index is 8.85. The normalized spacial score (nSPS) is 12.7. The molecule has 15 heavy (non-hydrogen) atoms. The first-order chi connectivity index (χ1) is 7.36. The van der Waals surface area contributed by atoms with Crippen LogP contribution < -0.4 is 5.32 Å². The van der Waals surface area contributed by atoms with E-state index in [1.165, 1.54) is 5.56 Å². The van der Waals surface area contributed by atoms with Crippen LogP contribution in [0.3, 0.4) is 0 Å². The number of aliphatic hydroxyl groups excluding tert-OH is 1. The molecule has 1 aromatic rings. The smallest absolute Gasteiger partial charge is 0.0616 e. The zero-order valence-corrected chi connectivity index (χ0v) is 9.02. The van der Waals surface area contributed by atoms with Crippen molar-refractivity contribution in [2.75, 3.05) is 20.3 Å². The fourth-order valence-electron chi connectivity index (χ4n) is 1.36. The molecule has 0 amide bonds. The van der Waals surface area contributed by atoms with E-state index in [2.05, 4.69) is 10.3 Å². The van der Waals surface area contributed by atoms with Crippen LogP contribution in [0, 0.1) is 0 Å². The van der Waals surface area contributed by atoms with Crippen LogP contribution in [-0.4, -0.2) is 36.5 Å². The Morgan fingerprint density at radius 2 is 2.20 bits per heavy atom. The number of rotatable bonds is 7. The maximum Gasteiger partial charge on any atom is 0.0616 e. The van der Waals surface area contributed by atoms with Gasteiger partial charge in [-0.3, -0.25) is 4.98 Å². The standard InChI is InChI=1S/C11H18N2O2/c1-15-9-11(4-7-14)13-8-10-2-5-12-6-3-10/h2-3,5-6,11,13-14H,4,7-9H2,1H3. The first-order valence-electron chi connectivity index (χ1n) is 5.09. The maximum atomic E-state index is 8.85. The lowest BCUT2D eigenvalue weighted by Gasteiger charge is -2.16. The Bertz CT molecular complexity index is 248. The molecule has 0 aliphatic carbocycles. The van der Waals surface area contributed by atoms with Gasteiger partial charge in [0.1, 0.15) is 0 Å². The van der Waals surface area contributed by atoms with Crippen molar-refractivity contribution < 1.29 is 9.84 Å². The van der Waals surface area contributed by atoms with E-state index in [1.54, 1.807) is 19.5 Å². The summed E-state index contributed by atoms with van der Waals surface area (Å²) in [7, 11) is 1.67. The van der Waals surface area contributed by atoms with Crippen LogP contribution in [0.5, 0.6) is 0 Å². The molecule has 0 saturated heterocycles. The molecule has 0 aromatic carbocycles. The van der Waals surface area contributed by atoms with Crippen molar-refractivity contribution in [1.82, 2.24) is 10.3 Å². The monoisotopic (exact) mass is 210 g/mol. The number of aliphatic hydroxyl groups is 1. The lowest BCUT2D eigenvalue weighted by atomic mass is 10.2. The summed E-state index contributed by atoms with van der Waals surface area (Å²) in [5, 5.41) is 12.2. The highest BCUT2D eigenvalue weighted by Crippen LogP contribution is 1.98. The van der Waals surface area contributed by atoms with Crippen LogP contribution in [-0.2, 0) is 11.3 Å². The molecule has 4 heteroatoms. The Labute approximate surface area is 90.3 Å². The summed E-state index contributed by atoms with van der Waals surface area (Å²) in [6, 6.07) is 4.14. The predicted octanol–water partition coefficient (Wildman–Crippen LogP) is 0.569. The van der Waals surface area contributed by atoms with Crippen LogP contribution >= 0.6 is 0 Å². The van der Waals surface area contributed by atoms with E-state index in [9.17, 15) is 0 Å². The molecule has 1 rings (SSSR count). The molecule has 1 unspecified atom stereocenters. The first-order valence-corrected chi connectivity index (χ1v) is 5.09. The molecular formula is C11H18N2O2. The second-order valence-corrected chi connectivity index (χ2v) is 3.40. The van der Waals surface area contributed by atoms with Crippen molar-refractivity contribution in [2.24, 2.45) is 0 Å². The van der Waals surface area contributed by atoms with Crippen LogP contribution in [0.25, 0.3) is 0 Å². The molecule has 0 aliphatic heterocycles. The third-order valence-electron chi connectivity index (χ3n) is 2.19. The van der Waals surface area contributed by atoms with Crippen LogP contribution in [0.15, 0.2) is 24.5 Å². The van der Waals surface area contributed by atoms with Gasteiger partial charge in [0.05, 0.1) is 6.61 Å². The average Bonchev–Trinajstić information content (AvgIpc) is 2.28. The molecule has 1 aromatic heterocycles. The number of hydrogen-bond donors (Lipinski definition) is 2. The van der Waals surface area contributed by atoms with Gasteiger partial charge in [-0.15, -0.1) is 0 Å². The molecule has 0 aliphatic rings. The van der Waals surface area contributed by atoms with Crippen molar-refractivity contribution in [3.63, 3.8) is 0 Å². The average molecular weight is 210 g/mol. The fourth-order valence-corrected chi connectivity index (χ4v) is 1.36. The van der Waals surface area contributed by atoms with Gasteiger partial charge < -0.3 is 15.2 Å². The topological polar surface area (TPSA) is 54.4 Å². The van der Waals surface area contributed by atoms with E-state index in [0.29, 0.717) is 13.0 Å². The van der Waals surface area contributed by atoms with Gasteiger partial charge in [-0.25, -0.2) is 0 Å². The molecule has 4 nitrogen and oxygen atoms in total. The van der Waals surface area contributed by atoms with Gasteiger partial charge in [0.2, 0.25) is 0 Å². The number of nitrogens with one attached hydrogen (secondary N) is 1. The number of aromatic nitrogens is 1. The van der Waals surface area contributed by atoms with Gasteiger partial charge in [-0.05, 0) is 24.1 Å². The number of hydrogen-bond acceptors (Lipinski definition) is 4. The van der Waals surface area contributed by atoms with Crippen LogP contribution in [0.4, 0.5) is 0 Å². The minimum Gasteiger partial charge on any atom is -0.396 e. The molecule has 84 valence electrons. The van der Waals surface area contributed by atoms with Gasteiger partial charge in [-0.1, -0.05) is 0 Å². The summed E-state index contributed by atoms with van der Waals surface area (Å²) in [5.41, 5.74) is 1.18. The summed E-state index contributed by atoms with van der Waals surface area (Å²) in [4.78, 5) is 3.95. The van der Waals surface area contributed by atoms with E-state index in [4.69, 9.17) is 9.84 Å². The summed E-state index contributed by atoms with van der Waals surface area (Å²) < 4.78 is 5.06. The minimum atomic E-state index is 0.178. The Hall–Kier alpha value is -0.970. The largest absolute Gasteiger partial charge is 0.396 e. The van der Waals surface area contributed by atoms with E-state index >= 15 is 0 Å². The third-order valence-corrected chi connectivity index (χ3v) is 2.19. The molecule has 0 spiro atoms. The number of nitrogens with zero attached hydrogens (tertiary/aromatic N) is 1. The van der Waals surface area contributed by atoms with Crippen molar-refractivity contribution in [1.29, 1.82) is 0 Å². The number of ether oxygens (including phenoxy) is 1. The summed E-state index contributed by atoms with van der Waals surface area (Å²) in [6.07, 6.45) is 4.25. The molecule has 2 N–H and O–H groups in total. The fraction of sp³-hybridized carbons (Fsp3) is 0.545. The van der Waals surface area contributed by atoms with Crippen LogP contribution in [0.2, 0.25) is 0 Å². The van der Waals surface area contributed by atoms with E-state index in [0.717, 1.165) is 6.54 Å². The number of methoxy groups -OCH3 is 1. The number of pyridine rings is 1. The van der Waals surface area contributed by atoms with E-state index in [1.807, 2.05) is 12.1 Å². The first kappa shape index (κ1) is 12.1. The SMILES string of the molecule is COCC(CCO)NCc1ccncc1. The highest BCUT2D eigenvalue weighted by atomic mass is 16.5. The summed E-state index contributed by atoms with van der Waals surface area (Å²) in [6.45, 7) is 1.57. The van der Waals surface area contributed by atoms with Gasteiger partial charge in [0, 0.05) is 38.7 Å². The molecule has 1 atom stereocenters. The second kappa shape index (κ2) is 7.34. The van der Waals surface area contributed by atoms with Crippen molar-refractivity contribution in [3.05, 3.63) is 30.1 Å². The Balaban J connectivity index is 2.33. The predicted molar refractivity (Wildman–Crippen MR) is 58.4 cm³/mol. The second-order valence-electron chi connectivity index (χ2n) is 3.40. The molecule has 0 saturated carbocycles. The van der Waals surface area contributed by atoms with Crippen molar-refractivity contribution in [2.45, 2.75) is 19.0 Å². The Morgan fingerprint density at radius 3 is 2.80 bits per heavy atom. The zero-order valence-electron chi connectivity index (χ0n) is 9.02. The lowest BCUT2D eigenvalue weighted by molar-refractivity contribution is 0.148. The van der Waals surface area contributed by atoms with Gasteiger partial charge >= 0.3 is 0 Å². The zero-order chi connectivity index (χ0) is 10.9. The van der Waals surface area contributed by atoms with Gasteiger partial charge in [0.25, 0.3) is 0 Å². The summed E-state index contributed by atoms with van der Waals surface area (Å²) >= 11 is 0. The van der Waals surface area contributed by atoms with E-state index < -0.39 is 0 Å². The van der Waals surface area contributed by atoms with Crippen molar-refractivity contribution in [3.8, 4) is 0 Å². The van der Waals surface area contributed by atoms with Gasteiger partial charge in [-0.2, -0.15) is 0 Å². The minimum absolute atomic E-state index is 0.178. The summed E-state index contributed by atoms with van der Waals surface area (Å²) in [5.74, 6) is 0. The molecule has 0 fully saturated rings. The third kappa shape index (κ3) is 4.88. The molecule has 0 bridgehead atoms. The molecular weight excluding hydrogens is 192 g/mol. The van der Waals surface area contributed by atoms with Crippen LogP contribution in [0.1, 0.15) is 12.0 Å². The molecule has 0 radical (unpaired) electrons. The van der Waals surface area contributed by atoms with E-state index in [-0.39, 0.29) is 12.6 Å². The molecule has 1 heterocycles. The van der Waals surface area contributed by atoms with Gasteiger partial charge in [0.15, 0.2) is 0 Å². The van der Waals surface area contributed by atoms with Crippen molar-refractivity contribution >= 4 is 0 Å². The Morgan fingerprint density at radius 1 is 1.47 bits per heavy atom.